The standard InChI is InChI=1S/C20H20N2O6/c1-20(24)12-11-16(22(27)28)17(13-7-9-15(10-8-13)21(25)26)18(20)19(23)14-5-3-2-4-6-14/h2-10,16-18,24H,11-12H2,1H3/t16-,17+,18+,20+/m0/s1. The molecule has 146 valence electrons. The Labute approximate surface area is 161 Å². The molecule has 0 aromatic heterocycles. The molecule has 1 saturated carbocycles. The largest absolute Gasteiger partial charge is 0.389 e. The van der Waals surface area contributed by atoms with Crippen LogP contribution in [0.5, 0.6) is 0 Å². The number of non-ortho nitro benzene ring substituents is 1. The topological polar surface area (TPSA) is 124 Å². The molecule has 2 aromatic rings. The molecule has 8 nitrogen and oxygen atoms in total. The van der Waals surface area contributed by atoms with E-state index < -0.39 is 33.3 Å². The lowest BCUT2D eigenvalue weighted by Gasteiger charge is -2.42. The highest BCUT2D eigenvalue weighted by Gasteiger charge is 2.54. The first-order valence-electron chi connectivity index (χ1n) is 8.92. The van der Waals surface area contributed by atoms with Gasteiger partial charge in [0.1, 0.15) is 0 Å². The molecule has 0 saturated heterocycles. The lowest BCUT2D eigenvalue weighted by molar-refractivity contribution is -0.533. The van der Waals surface area contributed by atoms with E-state index in [9.17, 15) is 30.1 Å². The van der Waals surface area contributed by atoms with Crippen molar-refractivity contribution in [3.63, 3.8) is 0 Å². The van der Waals surface area contributed by atoms with Gasteiger partial charge in [0.25, 0.3) is 5.69 Å². The predicted molar refractivity (Wildman–Crippen MR) is 101 cm³/mol. The zero-order valence-electron chi connectivity index (χ0n) is 15.2. The molecule has 0 radical (unpaired) electrons. The van der Waals surface area contributed by atoms with E-state index in [2.05, 4.69) is 0 Å². The summed E-state index contributed by atoms with van der Waals surface area (Å²) in [5.74, 6) is -2.31. The van der Waals surface area contributed by atoms with E-state index in [1.54, 1.807) is 30.3 Å². The molecule has 2 aromatic carbocycles. The van der Waals surface area contributed by atoms with Crippen molar-refractivity contribution < 1.29 is 19.7 Å². The van der Waals surface area contributed by atoms with E-state index in [0.29, 0.717) is 11.1 Å². The molecular formula is C20H20N2O6. The molecule has 1 aliphatic rings. The summed E-state index contributed by atoms with van der Waals surface area (Å²) in [6, 6.07) is 12.7. The third-order valence-corrected chi connectivity index (χ3v) is 5.49. The molecule has 1 aliphatic carbocycles. The number of nitrogens with zero attached hydrogens (tertiary/aromatic N) is 2. The summed E-state index contributed by atoms with van der Waals surface area (Å²) < 4.78 is 0. The summed E-state index contributed by atoms with van der Waals surface area (Å²) >= 11 is 0. The van der Waals surface area contributed by atoms with Crippen molar-refractivity contribution in [2.24, 2.45) is 5.92 Å². The Hall–Kier alpha value is -3.13. The zero-order valence-corrected chi connectivity index (χ0v) is 15.2. The minimum absolute atomic E-state index is 0.111. The fraction of sp³-hybridized carbons (Fsp3) is 0.350. The Kier molecular flexibility index (Phi) is 5.24. The molecule has 1 fully saturated rings. The van der Waals surface area contributed by atoms with Gasteiger partial charge in [-0.05, 0) is 18.9 Å². The first-order valence-corrected chi connectivity index (χ1v) is 8.92. The number of hydrogen-bond donors (Lipinski definition) is 1. The first-order chi connectivity index (χ1) is 13.2. The molecular weight excluding hydrogens is 364 g/mol. The molecule has 0 bridgehead atoms. The number of benzene rings is 2. The summed E-state index contributed by atoms with van der Waals surface area (Å²) in [6.45, 7) is 1.52. The Morgan fingerprint density at radius 3 is 2.21 bits per heavy atom. The second-order valence-electron chi connectivity index (χ2n) is 7.33. The number of nitro benzene ring substituents is 1. The minimum Gasteiger partial charge on any atom is -0.389 e. The van der Waals surface area contributed by atoms with Gasteiger partial charge in [-0.3, -0.25) is 25.0 Å². The van der Waals surface area contributed by atoms with Gasteiger partial charge in [0, 0.05) is 29.0 Å². The molecule has 28 heavy (non-hydrogen) atoms. The molecule has 0 aliphatic heterocycles. The lowest BCUT2D eigenvalue weighted by atomic mass is 9.63. The smallest absolute Gasteiger partial charge is 0.269 e. The fourth-order valence-electron chi connectivity index (χ4n) is 4.08. The average Bonchev–Trinajstić information content (AvgIpc) is 2.67. The number of aliphatic hydroxyl groups is 1. The third kappa shape index (κ3) is 3.63. The van der Waals surface area contributed by atoms with Crippen LogP contribution in [0.3, 0.4) is 0 Å². The molecule has 3 rings (SSSR count). The molecule has 0 heterocycles. The molecule has 8 heteroatoms. The summed E-state index contributed by atoms with van der Waals surface area (Å²) in [5.41, 5.74) is -0.786. The van der Waals surface area contributed by atoms with Crippen molar-refractivity contribution in [1.29, 1.82) is 0 Å². The van der Waals surface area contributed by atoms with E-state index in [1.807, 2.05) is 0 Å². The Bertz CT molecular complexity index is 895. The fourth-order valence-corrected chi connectivity index (χ4v) is 4.08. The van der Waals surface area contributed by atoms with E-state index >= 15 is 0 Å². The highest BCUT2D eigenvalue weighted by molar-refractivity contribution is 5.99. The van der Waals surface area contributed by atoms with Gasteiger partial charge in [-0.1, -0.05) is 42.5 Å². The van der Waals surface area contributed by atoms with Crippen molar-refractivity contribution in [2.75, 3.05) is 0 Å². The van der Waals surface area contributed by atoms with E-state index in [0.717, 1.165) is 0 Å². The van der Waals surface area contributed by atoms with Crippen molar-refractivity contribution in [1.82, 2.24) is 0 Å². The normalized spacial score (nSPS) is 27.1. The van der Waals surface area contributed by atoms with Gasteiger partial charge in [-0.2, -0.15) is 0 Å². The van der Waals surface area contributed by atoms with E-state index in [1.165, 1.54) is 31.2 Å². The van der Waals surface area contributed by atoms with Crippen LogP contribution in [-0.2, 0) is 0 Å². The van der Waals surface area contributed by atoms with Crippen molar-refractivity contribution >= 4 is 11.5 Å². The van der Waals surface area contributed by atoms with Crippen LogP contribution in [0.2, 0.25) is 0 Å². The van der Waals surface area contributed by atoms with Crippen LogP contribution in [0, 0.1) is 26.1 Å². The SMILES string of the molecule is C[C@@]1(O)CC[C@H]([N+](=O)[O-])[C@@H](c2ccc([N+](=O)[O-])cc2)[C@@H]1C(=O)c1ccccc1. The van der Waals surface area contributed by atoms with Crippen LogP contribution in [0.25, 0.3) is 0 Å². The maximum absolute atomic E-state index is 13.3. The van der Waals surface area contributed by atoms with Crippen molar-refractivity contribution in [2.45, 2.75) is 37.3 Å². The Morgan fingerprint density at radius 2 is 1.68 bits per heavy atom. The van der Waals surface area contributed by atoms with Crippen molar-refractivity contribution in [3.05, 3.63) is 86.0 Å². The van der Waals surface area contributed by atoms with E-state index in [-0.39, 0.29) is 24.3 Å². The van der Waals surface area contributed by atoms with Gasteiger partial charge >= 0.3 is 0 Å². The molecule has 0 spiro atoms. The van der Waals surface area contributed by atoms with Gasteiger partial charge in [0.05, 0.1) is 22.4 Å². The first kappa shape index (κ1) is 19.6. The maximum Gasteiger partial charge on any atom is 0.269 e. The molecule has 1 N–H and O–H groups in total. The van der Waals surface area contributed by atoms with Crippen LogP contribution >= 0.6 is 0 Å². The number of carbonyl (C=O) groups excluding carboxylic acids is 1. The Morgan fingerprint density at radius 1 is 1.07 bits per heavy atom. The number of Topliss-reactive ketones (excluding diaryl/α,β-unsaturated/α-hetero) is 1. The number of nitro groups is 2. The number of hydrogen-bond acceptors (Lipinski definition) is 6. The summed E-state index contributed by atoms with van der Waals surface area (Å²) in [7, 11) is 0. The van der Waals surface area contributed by atoms with Gasteiger partial charge in [0.2, 0.25) is 6.04 Å². The van der Waals surface area contributed by atoms with Crippen LogP contribution in [0.15, 0.2) is 54.6 Å². The molecule has 0 unspecified atom stereocenters. The average molecular weight is 384 g/mol. The summed E-state index contributed by atoms with van der Waals surface area (Å²) in [6.07, 6.45) is 0.228. The predicted octanol–water partition coefficient (Wildman–Crippen LogP) is 3.37. The zero-order chi connectivity index (χ0) is 20.5. The lowest BCUT2D eigenvalue weighted by Crippen LogP contribution is -2.52. The second-order valence-corrected chi connectivity index (χ2v) is 7.33. The number of carbonyl (C=O) groups is 1. The highest BCUT2D eigenvalue weighted by Crippen LogP contribution is 2.46. The Balaban J connectivity index is 2.11. The monoisotopic (exact) mass is 384 g/mol. The quantitative estimate of drug-likeness (QED) is 0.479. The summed E-state index contributed by atoms with van der Waals surface area (Å²) in [5, 5.41) is 33.6. The van der Waals surface area contributed by atoms with Crippen molar-refractivity contribution in [3.8, 4) is 0 Å². The summed E-state index contributed by atoms with van der Waals surface area (Å²) in [4.78, 5) is 34.9. The number of rotatable bonds is 5. The van der Waals surface area contributed by atoms with Crippen LogP contribution in [0.4, 0.5) is 5.69 Å². The second kappa shape index (κ2) is 7.47. The minimum atomic E-state index is -1.44. The number of ketones is 1. The molecule has 4 atom stereocenters. The van der Waals surface area contributed by atoms with Crippen LogP contribution < -0.4 is 0 Å². The third-order valence-electron chi connectivity index (χ3n) is 5.49. The van der Waals surface area contributed by atoms with Gasteiger partial charge in [-0.15, -0.1) is 0 Å². The molecule has 0 amide bonds. The van der Waals surface area contributed by atoms with Crippen LogP contribution in [-0.4, -0.2) is 32.4 Å². The highest BCUT2D eigenvalue weighted by atomic mass is 16.6. The maximum atomic E-state index is 13.3. The van der Waals surface area contributed by atoms with E-state index in [4.69, 9.17) is 0 Å². The van der Waals surface area contributed by atoms with Gasteiger partial charge < -0.3 is 5.11 Å². The van der Waals surface area contributed by atoms with Gasteiger partial charge in [-0.25, -0.2) is 0 Å². The van der Waals surface area contributed by atoms with Gasteiger partial charge in [0.15, 0.2) is 5.78 Å². The van der Waals surface area contributed by atoms with Crippen LogP contribution in [0.1, 0.15) is 41.6 Å².